The standard InChI is InChI=1S/C20H17ClN4O/c1-24-18-9-5-8-17(21)16(18)10-19(24)20(26)23-15-11-22-25(13-15)12-14-6-3-2-4-7-14/h2-11,13H,12H2,1H3,(H,23,26). The van der Waals surface area contributed by atoms with Crippen LogP contribution in [0.15, 0.2) is 67.0 Å². The Morgan fingerprint density at radius 2 is 1.96 bits per heavy atom. The summed E-state index contributed by atoms with van der Waals surface area (Å²) in [5.74, 6) is -0.195. The fourth-order valence-corrected chi connectivity index (χ4v) is 3.25. The van der Waals surface area contributed by atoms with Crippen LogP contribution in [0.2, 0.25) is 5.02 Å². The largest absolute Gasteiger partial charge is 0.340 e. The summed E-state index contributed by atoms with van der Waals surface area (Å²) in [5, 5.41) is 8.71. The molecule has 0 aliphatic rings. The average Bonchev–Trinajstić information content (AvgIpc) is 3.21. The maximum atomic E-state index is 12.7. The lowest BCUT2D eigenvalue weighted by Crippen LogP contribution is -2.15. The summed E-state index contributed by atoms with van der Waals surface area (Å²) in [6.45, 7) is 0.653. The number of hydrogen-bond acceptors (Lipinski definition) is 2. The Morgan fingerprint density at radius 1 is 1.15 bits per heavy atom. The summed E-state index contributed by atoms with van der Waals surface area (Å²) in [5.41, 5.74) is 3.27. The van der Waals surface area contributed by atoms with Gasteiger partial charge < -0.3 is 9.88 Å². The summed E-state index contributed by atoms with van der Waals surface area (Å²) in [6.07, 6.45) is 3.47. The van der Waals surface area contributed by atoms with Gasteiger partial charge in [0.05, 0.1) is 18.4 Å². The highest BCUT2D eigenvalue weighted by molar-refractivity contribution is 6.35. The Balaban J connectivity index is 1.54. The zero-order chi connectivity index (χ0) is 18.1. The maximum absolute atomic E-state index is 12.7. The molecule has 2 aromatic carbocycles. The van der Waals surface area contributed by atoms with E-state index in [1.54, 1.807) is 16.9 Å². The van der Waals surface area contributed by atoms with Crippen molar-refractivity contribution in [2.45, 2.75) is 6.54 Å². The minimum absolute atomic E-state index is 0.195. The summed E-state index contributed by atoms with van der Waals surface area (Å²) < 4.78 is 3.63. The summed E-state index contributed by atoms with van der Waals surface area (Å²) in [6, 6.07) is 17.5. The number of nitrogens with zero attached hydrogens (tertiary/aromatic N) is 3. The van der Waals surface area contributed by atoms with Crippen LogP contribution in [0, 0.1) is 0 Å². The van der Waals surface area contributed by atoms with Gasteiger partial charge in [-0.2, -0.15) is 5.10 Å². The Morgan fingerprint density at radius 3 is 2.73 bits per heavy atom. The predicted octanol–water partition coefficient (Wildman–Crippen LogP) is 4.33. The van der Waals surface area contributed by atoms with E-state index >= 15 is 0 Å². The molecular formula is C20H17ClN4O. The van der Waals surface area contributed by atoms with Crippen LogP contribution < -0.4 is 5.32 Å². The molecule has 4 rings (SSSR count). The number of carbonyl (C=O) groups excluding carboxylic acids is 1. The lowest BCUT2D eigenvalue weighted by atomic mass is 10.2. The van der Waals surface area contributed by atoms with E-state index < -0.39 is 0 Å². The van der Waals surface area contributed by atoms with E-state index in [1.165, 1.54) is 0 Å². The number of amides is 1. The quantitative estimate of drug-likeness (QED) is 0.586. The predicted molar refractivity (Wildman–Crippen MR) is 104 cm³/mol. The molecule has 6 heteroatoms. The minimum Gasteiger partial charge on any atom is -0.340 e. The molecule has 1 amide bonds. The molecule has 26 heavy (non-hydrogen) atoms. The van der Waals surface area contributed by atoms with Crippen molar-refractivity contribution in [3.05, 3.63) is 83.3 Å². The topological polar surface area (TPSA) is 51.9 Å². The van der Waals surface area contributed by atoms with Gasteiger partial charge in [0.1, 0.15) is 5.69 Å². The fraction of sp³-hybridized carbons (Fsp3) is 0.100. The molecule has 0 aliphatic heterocycles. The third-order valence-electron chi connectivity index (χ3n) is 4.34. The minimum atomic E-state index is -0.195. The summed E-state index contributed by atoms with van der Waals surface area (Å²) >= 11 is 6.23. The van der Waals surface area contributed by atoms with Gasteiger partial charge >= 0.3 is 0 Å². The van der Waals surface area contributed by atoms with Crippen molar-refractivity contribution in [1.82, 2.24) is 14.3 Å². The van der Waals surface area contributed by atoms with Gasteiger partial charge in [-0.1, -0.05) is 48.0 Å². The van der Waals surface area contributed by atoms with Crippen LogP contribution >= 0.6 is 11.6 Å². The third-order valence-corrected chi connectivity index (χ3v) is 4.67. The molecule has 130 valence electrons. The van der Waals surface area contributed by atoms with Crippen LogP contribution in [0.3, 0.4) is 0 Å². The highest BCUT2D eigenvalue weighted by atomic mass is 35.5. The normalized spacial score (nSPS) is 11.0. The smallest absolute Gasteiger partial charge is 0.272 e. The first-order valence-electron chi connectivity index (χ1n) is 8.23. The van der Waals surface area contributed by atoms with Crippen LogP contribution in [0.4, 0.5) is 5.69 Å². The van der Waals surface area contributed by atoms with E-state index in [0.717, 1.165) is 16.5 Å². The van der Waals surface area contributed by atoms with E-state index in [9.17, 15) is 4.79 Å². The Labute approximate surface area is 155 Å². The van der Waals surface area contributed by atoms with Crippen LogP contribution in [-0.4, -0.2) is 20.3 Å². The molecule has 5 nitrogen and oxygen atoms in total. The van der Waals surface area contributed by atoms with E-state index in [4.69, 9.17) is 11.6 Å². The zero-order valence-corrected chi connectivity index (χ0v) is 14.9. The van der Waals surface area contributed by atoms with Crippen molar-refractivity contribution >= 4 is 34.1 Å². The van der Waals surface area contributed by atoms with Crippen molar-refractivity contribution < 1.29 is 4.79 Å². The van der Waals surface area contributed by atoms with Gasteiger partial charge in [0, 0.05) is 29.2 Å². The van der Waals surface area contributed by atoms with Gasteiger partial charge in [0.2, 0.25) is 0 Å². The lowest BCUT2D eigenvalue weighted by Gasteiger charge is -2.04. The second-order valence-corrected chi connectivity index (χ2v) is 6.53. The molecule has 0 bridgehead atoms. The fourth-order valence-electron chi connectivity index (χ4n) is 3.02. The molecule has 0 aliphatic carbocycles. The van der Waals surface area contributed by atoms with Crippen LogP contribution in [0.25, 0.3) is 10.9 Å². The van der Waals surface area contributed by atoms with E-state index in [1.807, 2.05) is 66.3 Å². The van der Waals surface area contributed by atoms with E-state index in [2.05, 4.69) is 10.4 Å². The molecule has 2 aromatic heterocycles. The van der Waals surface area contributed by atoms with Crippen LogP contribution in [-0.2, 0) is 13.6 Å². The summed E-state index contributed by atoms with van der Waals surface area (Å²) in [4.78, 5) is 12.7. The number of aromatic nitrogens is 3. The number of halogens is 1. The molecule has 0 fully saturated rings. The molecule has 4 aromatic rings. The second kappa shape index (κ2) is 6.69. The molecule has 2 heterocycles. The number of hydrogen-bond donors (Lipinski definition) is 1. The first-order chi connectivity index (χ1) is 12.6. The average molecular weight is 365 g/mol. The highest BCUT2D eigenvalue weighted by Gasteiger charge is 2.15. The number of nitrogens with one attached hydrogen (secondary N) is 1. The van der Waals surface area contributed by atoms with Crippen LogP contribution in [0.1, 0.15) is 16.1 Å². The van der Waals surface area contributed by atoms with Crippen LogP contribution in [0.5, 0.6) is 0 Å². The zero-order valence-electron chi connectivity index (χ0n) is 14.2. The Bertz CT molecular complexity index is 1080. The molecule has 0 saturated heterocycles. The van der Waals surface area contributed by atoms with Gasteiger partial charge in [-0.05, 0) is 23.8 Å². The van der Waals surface area contributed by atoms with Gasteiger partial charge in [0.25, 0.3) is 5.91 Å². The molecule has 0 unspecified atom stereocenters. The first kappa shape index (κ1) is 16.4. The van der Waals surface area contributed by atoms with E-state index in [-0.39, 0.29) is 5.91 Å². The van der Waals surface area contributed by atoms with Gasteiger partial charge in [-0.15, -0.1) is 0 Å². The highest BCUT2D eigenvalue weighted by Crippen LogP contribution is 2.26. The number of fused-ring (bicyclic) bond motifs is 1. The SMILES string of the molecule is Cn1c(C(=O)Nc2cnn(Cc3ccccc3)c2)cc2c(Cl)cccc21. The van der Waals surface area contributed by atoms with Crippen molar-refractivity contribution in [3.63, 3.8) is 0 Å². The summed E-state index contributed by atoms with van der Waals surface area (Å²) in [7, 11) is 1.85. The van der Waals surface area contributed by atoms with Gasteiger partial charge in [-0.3, -0.25) is 9.48 Å². The first-order valence-corrected chi connectivity index (χ1v) is 8.61. The monoisotopic (exact) mass is 364 g/mol. The van der Waals surface area contributed by atoms with Gasteiger partial charge in [0.15, 0.2) is 0 Å². The van der Waals surface area contributed by atoms with Crippen molar-refractivity contribution in [3.8, 4) is 0 Å². The molecule has 0 atom stereocenters. The molecule has 1 N–H and O–H groups in total. The number of rotatable bonds is 4. The van der Waals surface area contributed by atoms with Gasteiger partial charge in [-0.25, -0.2) is 0 Å². The molecular weight excluding hydrogens is 348 g/mol. The number of anilines is 1. The Kier molecular flexibility index (Phi) is 4.22. The molecule has 0 radical (unpaired) electrons. The third kappa shape index (κ3) is 3.09. The number of benzene rings is 2. The van der Waals surface area contributed by atoms with Crippen molar-refractivity contribution in [2.24, 2.45) is 7.05 Å². The van der Waals surface area contributed by atoms with Crippen molar-refractivity contribution in [2.75, 3.05) is 5.32 Å². The lowest BCUT2D eigenvalue weighted by molar-refractivity contribution is 0.102. The number of aryl methyl sites for hydroxylation is 1. The van der Waals surface area contributed by atoms with Crippen molar-refractivity contribution in [1.29, 1.82) is 0 Å². The molecule has 0 saturated carbocycles. The molecule has 0 spiro atoms. The number of carbonyl (C=O) groups is 1. The maximum Gasteiger partial charge on any atom is 0.272 e. The second-order valence-electron chi connectivity index (χ2n) is 6.13. The Hall–Kier alpha value is -3.05. The van der Waals surface area contributed by atoms with E-state index in [0.29, 0.717) is 22.9 Å².